The number of nitrogens with zero attached hydrogens (tertiary/aromatic N) is 1. The average molecular weight is 240 g/mol. The fraction of sp³-hybridized carbons (Fsp3) is 0.417. The summed E-state index contributed by atoms with van der Waals surface area (Å²) in [5.41, 5.74) is -1.18. The van der Waals surface area contributed by atoms with Crippen molar-refractivity contribution in [1.29, 1.82) is 0 Å². The van der Waals surface area contributed by atoms with E-state index in [2.05, 4.69) is 4.99 Å². The minimum Gasteiger partial charge on any atom is -0.244 e. The van der Waals surface area contributed by atoms with E-state index in [1.807, 2.05) is 0 Å². The minimum atomic E-state index is -1.25. The van der Waals surface area contributed by atoms with Crippen LogP contribution in [0.5, 0.6) is 0 Å². The van der Waals surface area contributed by atoms with Crippen LogP contribution in [0.15, 0.2) is 29.3 Å². The Bertz CT molecular complexity index is 441. The van der Waals surface area contributed by atoms with Crippen LogP contribution in [0.25, 0.3) is 0 Å². The zero-order valence-corrected chi connectivity index (χ0v) is 9.59. The molecule has 2 nitrogen and oxygen atoms in total. The van der Waals surface area contributed by atoms with E-state index in [9.17, 15) is 9.18 Å². The largest absolute Gasteiger partial charge is 0.244 e. The van der Waals surface area contributed by atoms with E-state index >= 15 is 0 Å². The zero-order chi connectivity index (χ0) is 11.8. The number of carbonyl (C=O) groups excluding carboxylic acids is 1. The highest BCUT2D eigenvalue weighted by atomic mass is 35.5. The normalized spacial score (nSPS) is 32.7. The van der Waals surface area contributed by atoms with Crippen molar-refractivity contribution in [1.82, 2.24) is 0 Å². The summed E-state index contributed by atoms with van der Waals surface area (Å²) in [6.45, 7) is 1.52. The maximum Gasteiger partial charge on any atom is 0.235 e. The minimum absolute atomic E-state index is 0.219. The second kappa shape index (κ2) is 3.69. The lowest BCUT2D eigenvalue weighted by molar-refractivity contribution is 0.00286. The molecule has 0 aliphatic heterocycles. The second-order valence-corrected chi connectivity index (χ2v) is 4.94. The summed E-state index contributed by atoms with van der Waals surface area (Å²) in [5, 5.41) is 0.608. The van der Waals surface area contributed by atoms with Gasteiger partial charge in [0, 0.05) is 17.9 Å². The fourth-order valence-electron chi connectivity index (χ4n) is 2.36. The molecule has 0 aromatic heterocycles. The quantitative estimate of drug-likeness (QED) is 0.575. The molecule has 0 N–H and O–H groups in total. The van der Waals surface area contributed by atoms with Gasteiger partial charge in [-0.15, -0.1) is 0 Å². The number of aliphatic imine (C=N–C) groups is 1. The molecule has 0 bridgehead atoms. The Morgan fingerprint density at radius 3 is 2.38 bits per heavy atom. The predicted octanol–water partition coefficient (Wildman–Crippen LogP) is 3.39. The lowest BCUT2D eigenvalue weighted by Crippen LogP contribution is -2.48. The molecule has 0 radical (unpaired) electrons. The molecule has 1 aromatic rings. The van der Waals surface area contributed by atoms with Gasteiger partial charge in [-0.2, -0.15) is 4.99 Å². The molecule has 1 aromatic carbocycles. The summed E-state index contributed by atoms with van der Waals surface area (Å²) in [4.78, 5) is 14.2. The van der Waals surface area contributed by atoms with E-state index in [0.717, 1.165) is 5.56 Å². The summed E-state index contributed by atoms with van der Waals surface area (Å²) in [7, 11) is 0. The summed E-state index contributed by atoms with van der Waals surface area (Å²) in [6, 6.07) is 6.98. The van der Waals surface area contributed by atoms with Gasteiger partial charge in [0.2, 0.25) is 6.08 Å². The van der Waals surface area contributed by atoms with Crippen molar-refractivity contribution in [3.63, 3.8) is 0 Å². The van der Waals surface area contributed by atoms with E-state index in [-0.39, 0.29) is 12.8 Å². The van der Waals surface area contributed by atoms with Crippen molar-refractivity contribution in [2.75, 3.05) is 0 Å². The van der Waals surface area contributed by atoms with Crippen molar-refractivity contribution in [2.24, 2.45) is 4.99 Å². The molecule has 2 rings (SSSR count). The van der Waals surface area contributed by atoms with Crippen molar-refractivity contribution < 1.29 is 9.18 Å². The van der Waals surface area contributed by atoms with Gasteiger partial charge in [-0.3, -0.25) is 0 Å². The highest BCUT2D eigenvalue weighted by molar-refractivity contribution is 6.30. The van der Waals surface area contributed by atoms with Gasteiger partial charge < -0.3 is 0 Å². The van der Waals surface area contributed by atoms with Gasteiger partial charge in [-0.25, -0.2) is 9.18 Å². The number of halogens is 2. The van der Waals surface area contributed by atoms with Gasteiger partial charge in [0.15, 0.2) is 0 Å². The van der Waals surface area contributed by atoms with Crippen LogP contribution in [0.1, 0.15) is 25.3 Å². The van der Waals surface area contributed by atoms with Crippen LogP contribution >= 0.6 is 11.6 Å². The number of benzene rings is 1. The van der Waals surface area contributed by atoms with E-state index in [1.54, 1.807) is 24.3 Å². The molecule has 0 spiro atoms. The van der Waals surface area contributed by atoms with Crippen molar-refractivity contribution in [3.8, 4) is 0 Å². The molecule has 1 aliphatic carbocycles. The van der Waals surface area contributed by atoms with Crippen molar-refractivity contribution in [2.45, 2.75) is 31.0 Å². The third-order valence-electron chi connectivity index (χ3n) is 2.96. The average Bonchev–Trinajstić information content (AvgIpc) is 2.16. The predicted molar refractivity (Wildman–Crippen MR) is 60.0 cm³/mol. The summed E-state index contributed by atoms with van der Waals surface area (Å²) >= 11 is 5.77. The number of hydrogen-bond acceptors (Lipinski definition) is 2. The van der Waals surface area contributed by atoms with Gasteiger partial charge in [-0.05, 0) is 24.6 Å². The molecule has 16 heavy (non-hydrogen) atoms. The molecule has 1 aliphatic rings. The SMILES string of the molecule is CC1(F)CC(N=C=O)(c2ccc(Cl)cc2)C1. The number of isocyanates is 1. The zero-order valence-electron chi connectivity index (χ0n) is 8.84. The summed E-state index contributed by atoms with van der Waals surface area (Å²) in [6.07, 6.45) is 1.97. The van der Waals surface area contributed by atoms with Crippen LogP contribution in [0.2, 0.25) is 5.02 Å². The second-order valence-electron chi connectivity index (χ2n) is 4.51. The van der Waals surface area contributed by atoms with Crippen molar-refractivity contribution in [3.05, 3.63) is 34.9 Å². The first-order valence-corrected chi connectivity index (χ1v) is 5.39. The number of hydrogen-bond donors (Lipinski definition) is 0. The van der Waals surface area contributed by atoms with Gasteiger partial charge in [-0.1, -0.05) is 23.7 Å². The van der Waals surface area contributed by atoms with Crippen LogP contribution < -0.4 is 0 Å². The standard InChI is InChI=1S/C12H11ClFNO/c1-11(14)6-12(7-11,15-8-16)9-2-4-10(13)5-3-9/h2-5H,6-7H2,1H3. The maximum absolute atomic E-state index is 13.6. The molecular formula is C12H11ClFNO. The highest BCUT2D eigenvalue weighted by Crippen LogP contribution is 2.53. The van der Waals surface area contributed by atoms with Gasteiger partial charge in [0.25, 0.3) is 0 Å². The Morgan fingerprint density at radius 2 is 1.94 bits per heavy atom. The van der Waals surface area contributed by atoms with Crippen LogP contribution in [-0.2, 0) is 10.3 Å². The van der Waals surface area contributed by atoms with Gasteiger partial charge in [0.05, 0.1) is 0 Å². The molecule has 0 saturated heterocycles. The highest BCUT2D eigenvalue weighted by Gasteiger charge is 2.54. The number of alkyl halides is 1. The lowest BCUT2D eigenvalue weighted by Gasteiger charge is -2.46. The molecule has 0 unspecified atom stereocenters. The first-order valence-electron chi connectivity index (χ1n) is 5.01. The van der Waals surface area contributed by atoms with Crippen LogP contribution in [-0.4, -0.2) is 11.7 Å². The summed E-state index contributed by atoms with van der Waals surface area (Å²) < 4.78 is 13.6. The monoisotopic (exact) mass is 239 g/mol. The topological polar surface area (TPSA) is 29.4 Å². The third-order valence-corrected chi connectivity index (χ3v) is 3.22. The molecule has 4 heteroatoms. The smallest absolute Gasteiger partial charge is 0.235 e. The first kappa shape index (κ1) is 11.3. The van der Waals surface area contributed by atoms with Crippen LogP contribution in [0, 0.1) is 0 Å². The van der Waals surface area contributed by atoms with Crippen molar-refractivity contribution >= 4 is 17.7 Å². The van der Waals surface area contributed by atoms with Gasteiger partial charge >= 0.3 is 0 Å². The van der Waals surface area contributed by atoms with E-state index < -0.39 is 11.2 Å². The Labute approximate surface area is 98.1 Å². The fourth-order valence-corrected chi connectivity index (χ4v) is 2.49. The molecule has 1 fully saturated rings. The Morgan fingerprint density at radius 1 is 1.38 bits per heavy atom. The molecule has 0 heterocycles. The molecule has 84 valence electrons. The molecular weight excluding hydrogens is 229 g/mol. The summed E-state index contributed by atoms with van der Waals surface area (Å²) in [5.74, 6) is 0. The lowest BCUT2D eigenvalue weighted by atomic mass is 9.64. The van der Waals surface area contributed by atoms with E-state index in [1.165, 1.54) is 13.0 Å². The molecule has 0 amide bonds. The molecule has 0 atom stereocenters. The van der Waals surface area contributed by atoms with E-state index in [0.29, 0.717) is 5.02 Å². The van der Waals surface area contributed by atoms with Crippen LogP contribution in [0.3, 0.4) is 0 Å². The van der Waals surface area contributed by atoms with Crippen LogP contribution in [0.4, 0.5) is 4.39 Å². The van der Waals surface area contributed by atoms with Gasteiger partial charge in [0.1, 0.15) is 11.2 Å². The first-order chi connectivity index (χ1) is 7.47. The van der Waals surface area contributed by atoms with E-state index in [4.69, 9.17) is 11.6 Å². The Kier molecular flexibility index (Phi) is 2.61. The maximum atomic E-state index is 13.6. The molecule has 1 saturated carbocycles. The number of rotatable bonds is 2. The Balaban J connectivity index is 2.35. The Hall–Kier alpha value is -1.18. The third kappa shape index (κ3) is 1.89.